The highest BCUT2D eigenvalue weighted by molar-refractivity contribution is 9.10. The van der Waals surface area contributed by atoms with Crippen molar-refractivity contribution >= 4 is 39.3 Å². The fraction of sp³-hybridized carbons (Fsp3) is 0.308. The monoisotopic (exact) mass is 356 g/mol. The van der Waals surface area contributed by atoms with Gasteiger partial charge in [-0.05, 0) is 28.1 Å². The number of hydrogen-bond acceptors (Lipinski definition) is 4. The predicted octanol–water partition coefficient (Wildman–Crippen LogP) is 2.41. The molecule has 0 saturated heterocycles. The average Bonchev–Trinajstić information content (AvgIpc) is 2.39. The molecule has 0 radical (unpaired) electrons. The van der Waals surface area contributed by atoms with Gasteiger partial charge in [0.15, 0.2) is 0 Å². The van der Waals surface area contributed by atoms with Gasteiger partial charge < -0.3 is 5.11 Å². The van der Waals surface area contributed by atoms with E-state index in [1.807, 2.05) is 6.07 Å². The van der Waals surface area contributed by atoms with Crippen LogP contribution in [0.25, 0.3) is 5.65 Å². The zero-order chi connectivity index (χ0) is 14.7. The standard InChI is InChI=1S/C13H13BrN2O3S/c1-8(13(18)19)6-20-7-10-4-12(17)16-5-9(14)2-3-11(16)15-10/h2-5,8H,6-7H2,1H3,(H,18,19). The lowest BCUT2D eigenvalue weighted by Gasteiger charge is -2.06. The number of pyridine rings is 1. The van der Waals surface area contributed by atoms with Gasteiger partial charge in [-0.2, -0.15) is 11.8 Å². The lowest BCUT2D eigenvalue weighted by atomic mass is 10.2. The van der Waals surface area contributed by atoms with Crippen LogP contribution in [0.5, 0.6) is 0 Å². The first-order valence-electron chi connectivity index (χ1n) is 5.96. The number of carboxylic acid groups (broad SMARTS) is 1. The van der Waals surface area contributed by atoms with Gasteiger partial charge in [0.25, 0.3) is 5.56 Å². The van der Waals surface area contributed by atoms with Gasteiger partial charge >= 0.3 is 5.97 Å². The highest BCUT2D eigenvalue weighted by atomic mass is 79.9. The summed E-state index contributed by atoms with van der Waals surface area (Å²) in [7, 11) is 0. The summed E-state index contributed by atoms with van der Waals surface area (Å²) in [6.45, 7) is 1.66. The van der Waals surface area contributed by atoms with Crippen molar-refractivity contribution in [1.29, 1.82) is 0 Å². The number of thioether (sulfide) groups is 1. The smallest absolute Gasteiger partial charge is 0.307 e. The third kappa shape index (κ3) is 3.61. The molecule has 0 bridgehead atoms. The van der Waals surface area contributed by atoms with Gasteiger partial charge in [-0.15, -0.1) is 0 Å². The normalized spacial score (nSPS) is 12.5. The van der Waals surface area contributed by atoms with Crippen LogP contribution in [0.3, 0.4) is 0 Å². The molecule has 106 valence electrons. The van der Waals surface area contributed by atoms with Crippen LogP contribution in [-0.4, -0.2) is 26.2 Å². The number of carbonyl (C=O) groups is 1. The molecular weight excluding hydrogens is 344 g/mol. The zero-order valence-electron chi connectivity index (χ0n) is 10.7. The van der Waals surface area contributed by atoms with Crippen molar-refractivity contribution in [3.63, 3.8) is 0 Å². The molecule has 1 N–H and O–H groups in total. The molecule has 2 heterocycles. The second-order valence-corrected chi connectivity index (χ2v) is 6.36. The molecule has 5 nitrogen and oxygen atoms in total. The van der Waals surface area contributed by atoms with Gasteiger partial charge in [-0.1, -0.05) is 6.92 Å². The second kappa shape index (κ2) is 6.41. The highest BCUT2D eigenvalue weighted by Crippen LogP contribution is 2.15. The van der Waals surface area contributed by atoms with Gasteiger partial charge in [0.2, 0.25) is 0 Å². The Hall–Kier alpha value is -1.34. The Morgan fingerprint density at radius 3 is 3.00 bits per heavy atom. The molecular formula is C13H13BrN2O3S. The fourth-order valence-electron chi connectivity index (χ4n) is 1.61. The molecule has 20 heavy (non-hydrogen) atoms. The Labute approximate surface area is 128 Å². The maximum atomic E-state index is 12.0. The zero-order valence-corrected chi connectivity index (χ0v) is 13.1. The topological polar surface area (TPSA) is 71.7 Å². The quantitative estimate of drug-likeness (QED) is 0.890. The van der Waals surface area contributed by atoms with E-state index in [-0.39, 0.29) is 5.56 Å². The van der Waals surface area contributed by atoms with E-state index in [9.17, 15) is 9.59 Å². The van der Waals surface area contributed by atoms with Gasteiger partial charge in [-0.25, -0.2) is 4.98 Å². The number of halogens is 1. The number of hydrogen-bond donors (Lipinski definition) is 1. The van der Waals surface area contributed by atoms with Crippen LogP contribution < -0.4 is 5.56 Å². The van der Waals surface area contributed by atoms with Crippen molar-refractivity contribution in [3.05, 3.63) is 44.9 Å². The average molecular weight is 357 g/mol. The molecule has 2 aromatic heterocycles. The summed E-state index contributed by atoms with van der Waals surface area (Å²) in [4.78, 5) is 27.1. The van der Waals surface area contributed by atoms with E-state index < -0.39 is 11.9 Å². The molecule has 2 aromatic rings. The SMILES string of the molecule is CC(CSCc1cc(=O)n2cc(Br)ccc2n1)C(=O)O. The van der Waals surface area contributed by atoms with E-state index in [4.69, 9.17) is 5.11 Å². The van der Waals surface area contributed by atoms with E-state index in [1.165, 1.54) is 22.2 Å². The minimum atomic E-state index is -0.811. The van der Waals surface area contributed by atoms with E-state index in [1.54, 1.807) is 19.2 Å². The lowest BCUT2D eigenvalue weighted by molar-refractivity contribution is -0.140. The molecule has 0 fully saturated rings. The number of rotatable bonds is 5. The molecule has 2 rings (SSSR count). The maximum Gasteiger partial charge on any atom is 0.307 e. The predicted molar refractivity (Wildman–Crippen MR) is 82.1 cm³/mol. The summed E-state index contributed by atoms with van der Waals surface area (Å²) < 4.78 is 2.28. The van der Waals surface area contributed by atoms with E-state index in [0.717, 1.165) is 4.47 Å². The molecule has 0 saturated carbocycles. The number of aromatic nitrogens is 2. The number of nitrogens with zero attached hydrogens (tertiary/aromatic N) is 2. The minimum Gasteiger partial charge on any atom is -0.481 e. The summed E-state index contributed by atoms with van der Waals surface area (Å²) in [5, 5.41) is 8.80. The number of fused-ring (bicyclic) bond motifs is 1. The van der Waals surface area contributed by atoms with Crippen molar-refractivity contribution in [2.24, 2.45) is 5.92 Å². The Morgan fingerprint density at radius 1 is 1.55 bits per heavy atom. The van der Waals surface area contributed by atoms with Gasteiger partial charge in [0, 0.05) is 28.2 Å². The van der Waals surface area contributed by atoms with Crippen molar-refractivity contribution in [3.8, 4) is 0 Å². The van der Waals surface area contributed by atoms with Gasteiger partial charge in [-0.3, -0.25) is 14.0 Å². The first-order chi connectivity index (χ1) is 9.47. The Balaban J connectivity index is 2.14. The van der Waals surface area contributed by atoms with Crippen LogP contribution in [0.4, 0.5) is 0 Å². The molecule has 0 aliphatic rings. The number of carboxylic acids is 1. The van der Waals surface area contributed by atoms with E-state index >= 15 is 0 Å². The Morgan fingerprint density at radius 2 is 2.30 bits per heavy atom. The first-order valence-corrected chi connectivity index (χ1v) is 7.90. The van der Waals surface area contributed by atoms with Crippen LogP contribution in [0.1, 0.15) is 12.6 Å². The van der Waals surface area contributed by atoms with Crippen molar-refractivity contribution in [1.82, 2.24) is 9.38 Å². The summed E-state index contributed by atoms with van der Waals surface area (Å²) in [6.07, 6.45) is 1.67. The van der Waals surface area contributed by atoms with Crippen LogP contribution in [0.2, 0.25) is 0 Å². The van der Waals surface area contributed by atoms with Crippen LogP contribution >= 0.6 is 27.7 Å². The van der Waals surface area contributed by atoms with Crippen molar-refractivity contribution in [2.45, 2.75) is 12.7 Å². The maximum absolute atomic E-state index is 12.0. The molecule has 1 unspecified atom stereocenters. The first kappa shape index (κ1) is 15.1. The van der Waals surface area contributed by atoms with Crippen molar-refractivity contribution in [2.75, 3.05) is 5.75 Å². The summed E-state index contributed by atoms with van der Waals surface area (Å²) in [6, 6.07) is 5.07. The molecule has 7 heteroatoms. The second-order valence-electron chi connectivity index (χ2n) is 4.42. The van der Waals surface area contributed by atoms with Gasteiger partial charge in [0.05, 0.1) is 11.6 Å². The van der Waals surface area contributed by atoms with E-state index in [0.29, 0.717) is 22.8 Å². The Kier molecular flexibility index (Phi) is 4.82. The third-order valence-electron chi connectivity index (χ3n) is 2.72. The van der Waals surface area contributed by atoms with Crippen LogP contribution in [-0.2, 0) is 10.5 Å². The summed E-state index contributed by atoms with van der Waals surface area (Å²) in [5.74, 6) is -0.192. The molecule has 0 spiro atoms. The number of aliphatic carboxylic acids is 1. The summed E-state index contributed by atoms with van der Waals surface area (Å²) >= 11 is 4.77. The molecule has 0 aromatic carbocycles. The van der Waals surface area contributed by atoms with Crippen LogP contribution in [0.15, 0.2) is 33.7 Å². The molecule has 0 aliphatic carbocycles. The minimum absolute atomic E-state index is 0.141. The van der Waals surface area contributed by atoms with E-state index in [2.05, 4.69) is 20.9 Å². The van der Waals surface area contributed by atoms with Crippen LogP contribution in [0, 0.1) is 5.92 Å². The fourth-order valence-corrected chi connectivity index (χ4v) is 2.92. The largest absolute Gasteiger partial charge is 0.481 e. The molecule has 0 amide bonds. The van der Waals surface area contributed by atoms with Crippen molar-refractivity contribution < 1.29 is 9.90 Å². The third-order valence-corrected chi connectivity index (χ3v) is 4.42. The molecule has 0 aliphatic heterocycles. The van der Waals surface area contributed by atoms with Gasteiger partial charge in [0.1, 0.15) is 5.65 Å². The summed E-state index contributed by atoms with van der Waals surface area (Å²) in [5.41, 5.74) is 1.11. The molecule has 1 atom stereocenters. The Bertz CT molecular complexity index is 702. The lowest BCUT2D eigenvalue weighted by Crippen LogP contribution is -2.15. The highest BCUT2D eigenvalue weighted by Gasteiger charge is 2.11.